The number of nitrogens with zero attached hydrogens (tertiary/aromatic N) is 1. The van der Waals surface area contributed by atoms with Crippen LogP contribution in [0.3, 0.4) is 0 Å². The molecule has 1 aliphatic rings. The molecule has 0 saturated heterocycles. The SMILES string of the molecule is COc1ccc(S(=O)(=O)NC2CCCC2C(N)=NO)cc1. The molecule has 0 spiro atoms. The second kappa shape index (κ2) is 6.31. The molecule has 0 aromatic heterocycles. The van der Waals surface area contributed by atoms with Gasteiger partial charge in [-0.2, -0.15) is 0 Å². The average Bonchev–Trinajstić information content (AvgIpc) is 2.94. The lowest BCUT2D eigenvalue weighted by Gasteiger charge is -2.19. The van der Waals surface area contributed by atoms with Crippen LogP contribution in [0.1, 0.15) is 19.3 Å². The van der Waals surface area contributed by atoms with Gasteiger partial charge in [-0.25, -0.2) is 13.1 Å². The van der Waals surface area contributed by atoms with E-state index in [4.69, 9.17) is 15.7 Å². The summed E-state index contributed by atoms with van der Waals surface area (Å²) in [5.74, 6) is 0.377. The van der Waals surface area contributed by atoms with E-state index >= 15 is 0 Å². The van der Waals surface area contributed by atoms with Crippen molar-refractivity contribution >= 4 is 15.9 Å². The highest BCUT2D eigenvalue weighted by Crippen LogP contribution is 2.27. The van der Waals surface area contributed by atoms with Gasteiger partial charge in [-0.15, -0.1) is 0 Å². The van der Waals surface area contributed by atoms with Gasteiger partial charge < -0.3 is 15.7 Å². The van der Waals surface area contributed by atoms with E-state index in [9.17, 15) is 8.42 Å². The number of hydrogen-bond acceptors (Lipinski definition) is 5. The van der Waals surface area contributed by atoms with E-state index in [1.165, 1.54) is 19.2 Å². The minimum atomic E-state index is -3.64. The zero-order valence-corrected chi connectivity index (χ0v) is 12.5. The van der Waals surface area contributed by atoms with Gasteiger partial charge >= 0.3 is 0 Å². The zero-order valence-electron chi connectivity index (χ0n) is 11.7. The number of methoxy groups -OCH3 is 1. The number of ether oxygens (including phenoxy) is 1. The molecule has 1 aromatic carbocycles. The first kappa shape index (κ1) is 15.6. The van der Waals surface area contributed by atoms with Crippen molar-refractivity contribution in [3.8, 4) is 5.75 Å². The van der Waals surface area contributed by atoms with Crippen molar-refractivity contribution in [1.82, 2.24) is 4.72 Å². The summed E-state index contributed by atoms with van der Waals surface area (Å²) >= 11 is 0. The number of amidine groups is 1. The predicted octanol–water partition coefficient (Wildman–Crippen LogP) is 0.889. The Hall–Kier alpha value is -1.80. The summed E-state index contributed by atoms with van der Waals surface area (Å²) in [7, 11) is -2.13. The first-order valence-electron chi connectivity index (χ1n) is 6.61. The Balaban J connectivity index is 2.16. The zero-order chi connectivity index (χ0) is 15.5. The highest BCUT2D eigenvalue weighted by Gasteiger charge is 2.33. The van der Waals surface area contributed by atoms with Gasteiger partial charge in [0.25, 0.3) is 0 Å². The highest BCUT2D eigenvalue weighted by atomic mass is 32.2. The van der Waals surface area contributed by atoms with Gasteiger partial charge in [0.05, 0.1) is 12.0 Å². The first-order valence-corrected chi connectivity index (χ1v) is 8.10. The molecule has 0 bridgehead atoms. The van der Waals surface area contributed by atoms with Gasteiger partial charge in [0, 0.05) is 12.0 Å². The Morgan fingerprint density at radius 2 is 2.05 bits per heavy atom. The largest absolute Gasteiger partial charge is 0.497 e. The lowest BCUT2D eigenvalue weighted by molar-refractivity contribution is 0.312. The van der Waals surface area contributed by atoms with Gasteiger partial charge in [0.2, 0.25) is 10.0 Å². The molecule has 0 radical (unpaired) electrons. The van der Waals surface area contributed by atoms with Crippen LogP contribution in [0.4, 0.5) is 0 Å². The molecule has 1 aliphatic carbocycles. The number of hydrogen-bond donors (Lipinski definition) is 3. The standard InChI is InChI=1S/C13H19N3O4S/c1-20-9-5-7-10(8-6-9)21(18,19)16-12-4-2-3-11(12)13(14)15-17/h5-8,11-12,16-17H,2-4H2,1H3,(H2,14,15). The van der Waals surface area contributed by atoms with Crippen LogP contribution in [-0.4, -0.2) is 32.6 Å². The number of sulfonamides is 1. The van der Waals surface area contributed by atoms with Crippen molar-refractivity contribution in [1.29, 1.82) is 0 Å². The molecule has 4 N–H and O–H groups in total. The predicted molar refractivity (Wildman–Crippen MR) is 77.9 cm³/mol. The Labute approximate surface area is 123 Å². The maximum atomic E-state index is 12.3. The number of benzene rings is 1. The van der Waals surface area contributed by atoms with E-state index in [2.05, 4.69) is 9.88 Å². The fraction of sp³-hybridized carbons (Fsp3) is 0.462. The number of nitrogens with one attached hydrogen (secondary N) is 1. The summed E-state index contributed by atoms with van der Waals surface area (Å²) in [6.07, 6.45) is 2.19. The summed E-state index contributed by atoms with van der Waals surface area (Å²) in [5, 5.41) is 11.7. The van der Waals surface area contributed by atoms with Crippen molar-refractivity contribution in [2.75, 3.05) is 7.11 Å². The van der Waals surface area contributed by atoms with Crippen LogP contribution in [0.5, 0.6) is 5.75 Å². The smallest absolute Gasteiger partial charge is 0.240 e. The van der Waals surface area contributed by atoms with E-state index in [0.717, 1.165) is 6.42 Å². The molecule has 2 unspecified atom stereocenters. The van der Waals surface area contributed by atoms with Crippen molar-refractivity contribution in [3.05, 3.63) is 24.3 Å². The fourth-order valence-corrected chi connectivity index (χ4v) is 3.86. The van der Waals surface area contributed by atoms with Gasteiger partial charge in [-0.3, -0.25) is 0 Å². The molecule has 0 amide bonds. The lowest BCUT2D eigenvalue weighted by atomic mass is 10.0. The molecule has 7 nitrogen and oxygen atoms in total. The minimum Gasteiger partial charge on any atom is -0.497 e. The molecule has 1 saturated carbocycles. The van der Waals surface area contributed by atoms with Gasteiger partial charge in [-0.05, 0) is 37.1 Å². The van der Waals surface area contributed by atoms with Crippen LogP contribution in [0, 0.1) is 5.92 Å². The normalized spacial score (nSPS) is 23.2. The van der Waals surface area contributed by atoms with E-state index in [1.54, 1.807) is 12.1 Å². The second-order valence-electron chi connectivity index (χ2n) is 4.97. The van der Waals surface area contributed by atoms with Crippen molar-refractivity contribution in [2.45, 2.75) is 30.2 Å². The van der Waals surface area contributed by atoms with E-state index in [1.807, 2.05) is 0 Å². The monoisotopic (exact) mass is 313 g/mol. The van der Waals surface area contributed by atoms with Crippen LogP contribution >= 0.6 is 0 Å². The van der Waals surface area contributed by atoms with Gasteiger partial charge in [0.15, 0.2) is 0 Å². The summed E-state index contributed by atoms with van der Waals surface area (Å²) in [6.45, 7) is 0. The average molecular weight is 313 g/mol. The summed E-state index contributed by atoms with van der Waals surface area (Å²) < 4.78 is 32.3. The topological polar surface area (TPSA) is 114 Å². The third-order valence-corrected chi connectivity index (χ3v) is 5.19. The molecule has 1 fully saturated rings. The summed E-state index contributed by atoms with van der Waals surface area (Å²) in [5.41, 5.74) is 5.61. The van der Waals surface area contributed by atoms with Crippen molar-refractivity contribution < 1.29 is 18.4 Å². The summed E-state index contributed by atoms with van der Waals surface area (Å²) in [6, 6.07) is 5.78. The molecule has 0 heterocycles. The van der Waals surface area contributed by atoms with E-state index in [-0.39, 0.29) is 22.7 Å². The van der Waals surface area contributed by atoms with E-state index < -0.39 is 10.0 Å². The Morgan fingerprint density at radius 1 is 1.38 bits per heavy atom. The lowest BCUT2D eigenvalue weighted by Crippen LogP contribution is -2.42. The first-order chi connectivity index (χ1) is 9.97. The number of nitrogens with two attached hydrogens (primary N) is 1. The number of rotatable bonds is 5. The second-order valence-corrected chi connectivity index (χ2v) is 6.68. The summed E-state index contributed by atoms with van der Waals surface area (Å²) in [4.78, 5) is 0.161. The molecule has 8 heteroatoms. The molecule has 21 heavy (non-hydrogen) atoms. The minimum absolute atomic E-state index is 0.0648. The number of oxime groups is 1. The van der Waals surface area contributed by atoms with Gasteiger partial charge in [0.1, 0.15) is 11.6 Å². The van der Waals surface area contributed by atoms with Crippen LogP contribution in [0.15, 0.2) is 34.3 Å². The molecular weight excluding hydrogens is 294 g/mol. The quantitative estimate of drug-likeness (QED) is 0.323. The Kier molecular flexibility index (Phi) is 4.69. The molecular formula is C13H19N3O4S. The van der Waals surface area contributed by atoms with Crippen LogP contribution < -0.4 is 15.2 Å². The van der Waals surface area contributed by atoms with Crippen molar-refractivity contribution in [3.63, 3.8) is 0 Å². The van der Waals surface area contributed by atoms with Crippen LogP contribution in [0.2, 0.25) is 0 Å². The molecule has 2 atom stereocenters. The third kappa shape index (κ3) is 3.45. The molecule has 1 aromatic rings. The molecule has 116 valence electrons. The third-order valence-electron chi connectivity index (χ3n) is 3.69. The highest BCUT2D eigenvalue weighted by molar-refractivity contribution is 7.89. The van der Waals surface area contributed by atoms with Crippen LogP contribution in [-0.2, 0) is 10.0 Å². The van der Waals surface area contributed by atoms with Gasteiger partial charge in [-0.1, -0.05) is 11.6 Å². The van der Waals surface area contributed by atoms with Crippen molar-refractivity contribution in [2.24, 2.45) is 16.8 Å². The fourth-order valence-electron chi connectivity index (χ4n) is 2.55. The van der Waals surface area contributed by atoms with E-state index in [0.29, 0.717) is 18.6 Å². The maximum Gasteiger partial charge on any atom is 0.240 e. The molecule has 0 aliphatic heterocycles. The van der Waals surface area contributed by atoms with Crippen LogP contribution in [0.25, 0.3) is 0 Å². The Morgan fingerprint density at radius 3 is 2.62 bits per heavy atom. The Bertz CT molecular complexity index is 613. The maximum absolute atomic E-state index is 12.3. The molecule has 2 rings (SSSR count).